The van der Waals surface area contributed by atoms with Crippen LogP contribution in [0.4, 0.5) is 5.00 Å². The number of aryl methyl sites for hydroxylation is 1. The van der Waals surface area contributed by atoms with Crippen molar-refractivity contribution in [1.82, 2.24) is 5.32 Å². The molecule has 2 N–H and O–H groups in total. The van der Waals surface area contributed by atoms with Gasteiger partial charge in [0.2, 0.25) is 17.6 Å². The Hall–Kier alpha value is -2.52. The lowest BCUT2D eigenvalue weighted by atomic mass is 9.96. The van der Waals surface area contributed by atoms with E-state index in [1.165, 1.54) is 36.5 Å². The summed E-state index contributed by atoms with van der Waals surface area (Å²) in [5.41, 5.74) is 0.370. The van der Waals surface area contributed by atoms with Gasteiger partial charge in [0.25, 0.3) is 0 Å². The number of carbonyl (C=O) groups is 4. The van der Waals surface area contributed by atoms with E-state index >= 15 is 0 Å². The summed E-state index contributed by atoms with van der Waals surface area (Å²) >= 11 is 2.55. The topological polar surface area (TPSA) is 102 Å². The molecule has 2 heterocycles. The maximum Gasteiger partial charge on any atom is 0.342 e. The molecule has 168 valence electrons. The zero-order chi connectivity index (χ0) is 23.5. The first-order valence-corrected chi connectivity index (χ1v) is 11.4. The Morgan fingerprint density at radius 2 is 1.74 bits per heavy atom. The number of hydrogen-bond acceptors (Lipinski definition) is 7. The number of carbonyl (C=O) groups excluding carboxylic acids is 4. The van der Waals surface area contributed by atoms with Crippen LogP contribution in [0.3, 0.4) is 0 Å². The minimum absolute atomic E-state index is 0.153. The van der Waals surface area contributed by atoms with E-state index < -0.39 is 17.5 Å². The minimum atomic E-state index is -0.995. The van der Waals surface area contributed by atoms with Crippen molar-refractivity contribution in [2.45, 2.75) is 61.1 Å². The molecule has 2 aromatic rings. The van der Waals surface area contributed by atoms with Crippen LogP contribution < -0.4 is 10.6 Å². The molecule has 9 heteroatoms. The Morgan fingerprint density at radius 1 is 1.10 bits per heavy atom. The zero-order valence-corrected chi connectivity index (χ0v) is 20.4. The molecule has 0 bridgehead atoms. The van der Waals surface area contributed by atoms with Gasteiger partial charge in [-0.25, -0.2) is 4.79 Å². The van der Waals surface area contributed by atoms with Crippen LogP contribution in [0.15, 0.2) is 12.1 Å². The van der Waals surface area contributed by atoms with Crippen LogP contribution in [0.1, 0.15) is 70.0 Å². The van der Waals surface area contributed by atoms with Crippen molar-refractivity contribution in [1.29, 1.82) is 0 Å². The number of esters is 1. The highest BCUT2D eigenvalue weighted by atomic mass is 32.1. The fraction of sp³-hybridized carbons (Fsp3) is 0.455. The van der Waals surface area contributed by atoms with Gasteiger partial charge in [0.1, 0.15) is 5.00 Å². The van der Waals surface area contributed by atoms with Crippen molar-refractivity contribution in [3.63, 3.8) is 0 Å². The molecule has 0 aliphatic rings. The third-order valence-electron chi connectivity index (χ3n) is 4.57. The molecule has 0 aliphatic carbocycles. The van der Waals surface area contributed by atoms with Gasteiger partial charge in [0.15, 0.2) is 6.10 Å². The van der Waals surface area contributed by atoms with Crippen molar-refractivity contribution in [3.8, 4) is 0 Å². The molecule has 1 atom stereocenters. The largest absolute Gasteiger partial charge is 0.451 e. The summed E-state index contributed by atoms with van der Waals surface area (Å²) < 4.78 is 5.47. The molecule has 2 amide bonds. The van der Waals surface area contributed by atoms with E-state index in [0.29, 0.717) is 22.0 Å². The maximum atomic E-state index is 12.9. The minimum Gasteiger partial charge on any atom is -0.451 e. The monoisotopic (exact) mass is 464 g/mol. The number of nitrogens with one attached hydrogen (secondary N) is 2. The first kappa shape index (κ1) is 24.7. The average Bonchev–Trinajstić information content (AvgIpc) is 3.23. The Balaban J connectivity index is 2.15. The third-order valence-corrected chi connectivity index (χ3v) is 6.79. The summed E-state index contributed by atoms with van der Waals surface area (Å²) in [5, 5.41) is 5.92. The van der Waals surface area contributed by atoms with E-state index in [1.807, 2.05) is 6.92 Å². The van der Waals surface area contributed by atoms with Gasteiger partial charge in [-0.2, -0.15) is 0 Å². The molecular formula is C22H28N2O5S2. The van der Waals surface area contributed by atoms with Crippen LogP contribution in [0.2, 0.25) is 0 Å². The Morgan fingerprint density at radius 3 is 2.32 bits per heavy atom. The summed E-state index contributed by atoms with van der Waals surface area (Å²) in [6.07, 6.45) is -0.995. The molecule has 1 unspecified atom stereocenters. The quantitative estimate of drug-likeness (QED) is 0.465. The number of thiophene rings is 2. The van der Waals surface area contributed by atoms with Gasteiger partial charge in [-0.1, -0.05) is 20.8 Å². The number of rotatable bonds is 7. The number of Topliss-reactive ketones (excluding diaryl/α,β-unsaturated/α-hetero) is 1. The van der Waals surface area contributed by atoms with Gasteiger partial charge in [-0.3, -0.25) is 14.4 Å². The number of anilines is 1. The second kappa shape index (κ2) is 9.74. The third kappa shape index (κ3) is 6.24. The van der Waals surface area contributed by atoms with E-state index in [0.717, 1.165) is 9.75 Å². The maximum absolute atomic E-state index is 12.9. The van der Waals surface area contributed by atoms with Crippen molar-refractivity contribution in [2.75, 3.05) is 5.32 Å². The predicted octanol–water partition coefficient (Wildman–Crippen LogP) is 4.48. The molecule has 0 aromatic carbocycles. The smallest absolute Gasteiger partial charge is 0.342 e. The van der Waals surface area contributed by atoms with Crippen LogP contribution in [0.5, 0.6) is 0 Å². The second-order valence-electron chi connectivity index (χ2n) is 8.28. The molecule has 0 aliphatic heterocycles. The summed E-state index contributed by atoms with van der Waals surface area (Å²) in [6, 6.07) is 3.42. The second-order valence-corrected chi connectivity index (χ2v) is 10.7. The van der Waals surface area contributed by atoms with E-state index in [-0.39, 0.29) is 23.2 Å². The number of amides is 2. The van der Waals surface area contributed by atoms with Gasteiger partial charge in [-0.15, -0.1) is 22.7 Å². The van der Waals surface area contributed by atoms with Gasteiger partial charge < -0.3 is 15.4 Å². The highest BCUT2D eigenvalue weighted by Gasteiger charge is 2.29. The molecule has 0 fully saturated rings. The Kier molecular flexibility index (Phi) is 7.77. The lowest BCUT2D eigenvalue weighted by Crippen LogP contribution is -2.29. The van der Waals surface area contributed by atoms with Crippen molar-refractivity contribution in [2.24, 2.45) is 5.41 Å². The fourth-order valence-electron chi connectivity index (χ4n) is 2.54. The van der Waals surface area contributed by atoms with E-state index in [9.17, 15) is 19.2 Å². The van der Waals surface area contributed by atoms with E-state index in [1.54, 1.807) is 39.8 Å². The normalized spacial score (nSPS) is 12.2. The molecule has 0 saturated carbocycles. The Bertz CT molecular complexity index is 1010. The first-order valence-electron chi connectivity index (χ1n) is 9.81. The van der Waals surface area contributed by atoms with E-state index in [2.05, 4.69) is 10.6 Å². The summed E-state index contributed by atoms with van der Waals surface area (Å²) in [5.74, 6) is -1.34. The molecule has 0 radical (unpaired) electrons. The summed E-state index contributed by atoms with van der Waals surface area (Å²) in [4.78, 5) is 51.2. The predicted molar refractivity (Wildman–Crippen MR) is 123 cm³/mol. The van der Waals surface area contributed by atoms with Crippen LogP contribution >= 0.6 is 22.7 Å². The molecule has 2 rings (SSSR count). The summed E-state index contributed by atoms with van der Waals surface area (Å²) in [6.45, 7) is 12.3. The first-order chi connectivity index (χ1) is 14.3. The molecule has 0 saturated heterocycles. The lowest BCUT2D eigenvalue weighted by Gasteiger charge is -2.18. The van der Waals surface area contributed by atoms with Gasteiger partial charge in [0.05, 0.1) is 17.0 Å². The summed E-state index contributed by atoms with van der Waals surface area (Å²) in [7, 11) is 0. The number of ketones is 1. The number of ether oxygens (including phenoxy) is 1. The lowest BCUT2D eigenvalue weighted by molar-refractivity contribution is -0.123. The molecule has 2 aromatic heterocycles. The Labute approximate surface area is 190 Å². The van der Waals surface area contributed by atoms with Gasteiger partial charge >= 0.3 is 5.97 Å². The average molecular weight is 465 g/mol. The fourth-order valence-corrected chi connectivity index (χ4v) is 4.55. The van der Waals surface area contributed by atoms with E-state index in [4.69, 9.17) is 4.74 Å². The molecular weight excluding hydrogens is 436 g/mol. The van der Waals surface area contributed by atoms with Crippen LogP contribution in [-0.2, 0) is 20.9 Å². The SMILES string of the molecule is CC(=O)NCc1ccc(C(=O)C(C)OC(=O)c2c(NC(=O)C(C)(C)C)sc(C)c2C)s1. The van der Waals surface area contributed by atoms with Crippen LogP contribution in [0.25, 0.3) is 0 Å². The zero-order valence-electron chi connectivity index (χ0n) is 18.8. The van der Waals surface area contributed by atoms with Crippen LogP contribution in [0, 0.1) is 19.3 Å². The molecule has 7 nitrogen and oxygen atoms in total. The number of hydrogen-bond donors (Lipinski definition) is 2. The van der Waals surface area contributed by atoms with Gasteiger partial charge in [0, 0.05) is 22.1 Å². The van der Waals surface area contributed by atoms with Crippen molar-refractivity contribution < 1.29 is 23.9 Å². The highest BCUT2D eigenvalue weighted by Crippen LogP contribution is 2.34. The van der Waals surface area contributed by atoms with Crippen molar-refractivity contribution >= 4 is 51.2 Å². The van der Waals surface area contributed by atoms with Crippen molar-refractivity contribution in [3.05, 3.63) is 37.9 Å². The molecule has 31 heavy (non-hydrogen) atoms. The van der Waals surface area contributed by atoms with Crippen LogP contribution in [-0.4, -0.2) is 29.7 Å². The standard InChI is InChI=1S/C22H28N2O5S2/c1-11-13(3)30-19(24-21(28)22(5,6)7)17(11)20(27)29-12(2)18(26)16-9-8-15(31-16)10-23-14(4)25/h8-9,12H,10H2,1-7H3,(H,23,25)(H,24,28). The molecule has 0 spiro atoms. The highest BCUT2D eigenvalue weighted by molar-refractivity contribution is 7.16. The van der Waals surface area contributed by atoms with Gasteiger partial charge in [-0.05, 0) is 38.5 Å².